The first kappa shape index (κ1) is 9.84. The van der Waals surface area contributed by atoms with Gasteiger partial charge in [0.2, 0.25) is 0 Å². The summed E-state index contributed by atoms with van der Waals surface area (Å²) in [6, 6.07) is 0. The topological polar surface area (TPSA) is 69.7 Å². The number of nitrogens with zero attached hydrogens (tertiary/aromatic N) is 1. The van der Waals surface area contributed by atoms with Gasteiger partial charge in [-0.1, -0.05) is 0 Å². The minimum absolute atomic E-state index is 0.193. The molecule has 0 aromatic rings. The molecule has 0 aromatic carbocycles. The Labute approximate surface area is 61.3 Å². The second-order valence-electron chi connectivity index (χ2n) is 2.92. The van der Waals surface area contributed by atoms with Gasteiger partial charge in [0, 0.05) is 6.54 Å². The average Bonchev–Trinajstić information content (AvgIpc) is 1.87. The standard InChI is InChI=1S/C6H16N2O2/c1-8(2)3-6(7,4-9)5-10/h9-10H,3-5,7H2,1-2H3. The Hall–Kier alpha value is -0.160. The maximum absolute atomic E-state index is 8.72. The summed E-state index contributed by atoms with van der Waals surface area (Å²) in [7, 11) is 3.68. The van der Waals surface area contributed by atoms with Crippen molar-refractivity contribution in [1.29, 1.82) is 0 Å². The predicted molar refractivity (Wildman–Crippen MR) is 39.6 cm³/mol. The fourth-order valence-electron chi connectivity index (χ4n) is 0.780. The summed E-state index contributed by atoms with van der Waals surface area (Å²) in [5, 5.41) is 17.4. The SMILES string of the molecule is CN(C)CC(N)(CO)CO. The third kappa shape index (κ3) is 3.12. The van der Waals surface area contributed by atoms with Crippen LogP contribution in [0.4, 0.5) is 0 Å². The van der Waals surface area contributed by atoms with E-state index in [2.05, 4.69) is 0 Å². The number of hydrogen-bond acceptors (Lipinski definition) is 4. The van der Waals surface area contributed by atoms with Crippen LogP contribution in [-0.4, -0.2) is 54.5 Å². The molecule has 0 aliphatic carbocycles. The summed E-state index contributed by atoms with van der Waals surface area (Å²) < 4.78 is 0. The first-order valence-electron chi connectivity index (χ1n) is 3.19. The molecule has 0 aliphatic rings. The lowest BCUT2D eigenvalue weighted by Crippen LogP contribution is -2.54. The zero-order valence-electron chi connectivity index (χ0n) is 6.54. The third-order valence-electron chi connectivity index (χ3n) is 1.26. The molecule has 0 aliphatic heterocycles. The Morgan fingerprint density at radius 3 is 1.80 bits per heavy atom. The Balaban J connectivity index is 3.80. The molecule has 4 heteroatoms. The monoisotopic (exact) mass is 148 g/mol. The van der Waals surface area contributed by atoms with Crippen molar-refractivity contribution in [2.24, 2.45) is 5.73 Å². The highest BCUT2D eigenvalue weighted by molar-refractivity contribution is 4.84. The van der Waals surface area contributed by atoms with E-state index in [9.17, 15) is 0 Å². The fraction of sp³-hybridized carbons (Fsp3) is 1.00. The van der Waals surface area contributed by atoms with Gasteiger partial charge >= 0.3 is 0 Å². The zero-order chi connectivity index (χ0) is 8.20. The van der Waals surface area contributed by atoms with Gasteiger partial charge in [0.15, 0.2) is 0 Å². The van der Waals surface area contributed by atoms with Crippen LogP contribution in [0.25, 0.3) is 0 Å². The van der Waals surface area contributed by atoms with E-state index in [-0.39, 0.29) is 13.2 Å². The molecule has 4 nitrogen and oxygen atoms in total. The molecule has 62 valence electrons. The van der Waals surface area contributed by atoms with Gasteiger partial charge in [-0.2, -0.15) is 0 Å². The van der Waals surface area contributed by atoms with E-state index in [1.165, 1.54) is 0 Å². The van der Waals surface area contributed by atoms with Gasteiger partial charge in [0.05, 0.1) is 18.8 Å². The molecule has 0 radical (unpaired) electrons. The highest BCUT2D eigenvalue weighted by atomic mass is 16.3. The van der Waals surface area contributed by atoms with Crippen LogP contribution in [0.1, 0.15) is 0 Å². The molecule has 0 fully saturated rings. The van der Waals surface area contributed by atoms with Crippen LogP contribution in [0.5, 0.6) is 0 Å². The maximum atomic E-state index is 8.72. The molecular formula is C6H16N2O2. The Morgan fingerprint density at radius 2 is 1.70 bits per heavy atom. The Morgan fingerprint density at radius 1 is 1.30 bits per heavy atom. The summed E-state index contributed by atoms with van der Waals surface area (Å²) in [6.45, 7) is 0.101. The second kappa shape index (κ2) is 3.88. The zero-order valence-corrected chi connectivity index (χ0v) is 6.54. The van der Waals surface area contributed by atoms with Crippen LogP contribution in [0.2, 0.25) is 0 Å². The second-order valence-corrected chi connectivity index (χ2v) is 2.92. The van der Waals surface area contributed by atoms with E-state index in [4.69, 9.17) is 15.9 Å². The van der Waals surface area contributed by atoms with Crippen LogP contribution in [0.3, 0.4) is 0 Å². The lowest BCUT2D eigenvalue weighted by atomic mass is 10.0. The van der Waals surface area contributed by atoms with E-state index in [0.29, 0.717) is 6.54 Å². The van der Waals surface area contributed by atoms with Crippen molar-refractivity contribution in [3.63, 3.8) is 0 Å². The van der Waals surface area contributed by atoms with Crippen molar-refractivity contribution in [3.8, 4) is 0 Å². The highest BCUT2D eigenvalue weighted by Crippen LogP contribution is 1.98. The molecule has 0 spiro atoms. The molecule has 0 bridgehead atoms. The van der Waals surface area contributed by atoms with Gasteiger partial charge in [-0.05, 0) is 14.1 Å². The van der Waals surface area contributed by atoms with Crippen molar-refractivity contribution in [2.45, 2.75) is 5.54 Å². The van der Waals surface area contributed by atoms with Gasteiger partial charge in [-0.3, -0.25) is 0 Å². The molecule has 0 amide bonds. The summed E-state index contributed by atoms with van der Waals surface area (Å²) in [5.41, 5.74) is 4.70. The van der Waals surface area contributed by atoms with Gasteiger partial charge in [-0.25, -0.2) is 0 Å². The number of hydrogen-bond donors (Lipinski definition) is 3. The van der Waals surface area contributed by atoms with E-state index in [1.54, 1.807) is 0 Å². The van der Waals surface area contributed by atoms with Gasteiger partial charge in [0.1, 0.15) is 0 Å². The highest BCUT2D eigenvalue weighted by Gasteiger charge is 2.23. The summed E-state index contributed by atoms with van der Waals surface area (Å²) in [4.78, 5) is 1.83. The number of aliphatic hydroxyl groups excluding tert-OH is 2. The van der Waals surface area contributed by atoms with Gasteiger partial charge in [-0.15, -0.1) is 0 Å². The number of likely N-dealkylation sites (N-methyl/N-ethyl adjacent to an activating group) is 1. The lowest BCUT2D eigenvalue weighted by Gasteiger charge is -2.27. The number of nitrogens with two attached hydrogens (primary N) is 1. The molecule has 0 rings (SSSR count). The molecule has 10 heavy (non-hydrogen) atoms. The van der Waals surface area contributed by atoms with Crippen molar-refractivity contribution < 1.29 is 10.2 Å². The molecule has 0 unspecified atom stereocenters. The van der Waals surface area contributed by atoms with Crippen molar-refractivity contribution in [1.82, 2.24) is 4.90 Å². The van der Waals surface area contributed by atoms with E-state index >= 15 is 0 Å². The molecule has 0 heterocycles. The van der Waals surface area contributed by atoms with Crippen LogP contribution in [0, 0.1) is 0 Å². The third-order valence-corrected chi connectivity index (χ3v) is 1.26. The molecular weight excluding hydrogens is 132 g/mol. The van der Waals surface area contributed by atoms with E-state index in [0.717, 1.165) is 0 Å². The summed E-state index contributed by atoms with van der Waals surface area (Å²) in [5.74, 6) is 0. The molecule has 0 saturated carbocycles. The largest absolute Gasteiger partial charge is 0.394 e. The van der Waals surface area contributed by atoms with Crippen LogP contribution in [-0.2, 0) is 0 Å². The van der Waals surface area contributed by atoms with Crippen molar-refractivity contribution in [2.75, 3.05) is 33.9 Å². The normalized spacial score (nSPS) is 12.6. The molecule has 0 atom stereocenters. The first-order chi connectivity index (χ1) is 4.54. The molecule has 4 N–H and O–H groups in total. The first-order valence-corrected chi connectivity index (χ1v) is 3.19. The quantitative estimate of drug-likeness (QED) is 0.441. The molecule has 0 aromatic heterocycles. The van der Waals surface area contributed by atoms with E-state index in [1.807, 2.05) is 19.0 Å². The van der Waals surface area contributed by atoms with Crippen molar-refractivity contribution >= 4 is 0 Å². The minimum Gasteiger partial charge on any atom is -0.394 e. The van der Waals surface area contributed by atoms with Crippen LogP contribution in [0.15, 0.2) is 0 Å². The van der Waals surface area contributed by atoms with Gasteiger partial charge in [0.25, 0.3) is 0 Å². The predicted octanol–water partition coefficient (Wildman–Crippen LogP) is -1.77. The fourth-order valence-corrected chi connectivity index (χ4v) is 0.780. The van der Waals surface area contributed by atoms with Gasteiger partial charge < -0.3 is 20.8 Å². The van der Waals surface area contributed by atoms with E-state index < -0.39 is 5.54 Å². The number of rotatable bonds is 4. The Bertz CT molecular complexity index is 91.7. The van der Waals surface area contributed by atoms with Crippen LogP contribution >= 0.6 is 0 Å². The summed E-state index contributed by atoms with van der Waals surface area (Å²) >= 11 is 0. The smallest absolute Gasteiger partial charge is 0.0751 e. The molecule has 0 saturated heterocycles. The maximum Gasteiger partial charge on any atom is 0.0751 e. The van der Waals surface area contributed by atoms with Crippen molar-refractivity contribution in [3.05, 3.63) is 0 Å². The Kier molecular flexibility index (Phi) is 3.81. The number of aliphatic hydroxyl groups is 2. The summed E-state index contributed by atoms with van der Waals surface area (Å²) in [6.07, 6.45) is 0. The van der Waals surface area contributed by atoms with Crippen LogP contribution < -0.4 is 5.73 Å². The average molecular weight is 148 g/mol. The lowest BCUT2D eigenvalue weighted by molar-refractivity contribution is 0.0982. The minimum atomic E-state index is -0.858.